The zero-order valence-corrected chi connectivity index (χ0v) is 18.6. The summed E-state index contributed by atoms with van der Waals surface area (Å²) in [5, 5.41) is 10.9. The van der Waals surface area contributed by atoms with Gasteiger partial charge in [-0.25, -0.2) is 8.78 Å². The standard InChI is InChI=1S/C24H35F2NO3/c1-23(2,3)12-16-14-27-8-6-15-9-22(30-17-5-7-24(25,26)13-17)21(29-4)10-18(15)19(27)11-20(16)28/h9-10,16-17,19-20,28H,5-8,11-14H2,1-4H3. The van der Waals surface area contributed by atoms with Gasteiger partial charge in [0.1, 0.15) is 6.10 Å². The Hall–Kier alpha value is -1.40. The fraction of sp³-hybridized carbons (Fsp3) is 0.750. The zero-order chi connectivity index (χ0) is 21.7. The van der Waals surface area contributed by atoms with Gasteiger partial charge in [0, 0.05) is 32.0 Å². The SMILES string of the molecule is COc1cc2c(cc1OC1CCC(F)(F)C1)CCN1CC(CC(C)(C)C)C(O)CC21. The molecule has 1 saturated carbocycles. The zero-order valence-electron chi connectivity index (χ0n) is 18.6. The van der Waals surface area contributed by atoms with E-state index in [-0.39, 0.29) is 36.3 Å². The van der Waals surface area contributed by atoms with Crippen molar-refractivity contribution in [2.75, 3.05) is 20.2 Å². The second kappa shape index (κ2) is 7.94. The first kappa shape index (κ1) is 21.8. The Bertz CT molecular complexity index is 776. The van der Waals surface area contributed by atoms with Gasteiger partial charge in [-0.05, 0) is 60.3 Å². The third-order valence-corrected chi connectivity index (χ3v) is 6.90. The number of hydrogen-bond acceptors (Lipinski definition) is 4. The molecule has 1 N–H and O–H groups in total. The van der Waals surface area contributed by atoms with Gasteiger partial charge in [-0.1, -0.05) is 20.8 Å². The van der Waals surface area contributed by atoms with Crippen molar-refractivity contribution in [1.82, 2.24) is 4.90 Å². The number of methoxy groups -OCH3 is 1. The summed E-state index contributed by atoms with van der Waals surface area (Å²) in [5.41, 5.74) is 2.55. The highest BCUT2D eigenvalue weighted by Crippen LogP contribution is 2.45. The number of ether oxygens (including phenoxy) is 2. The molecule has 1 aliphatic carbocycles. The average molecular weight is 424 g/mol. The van der Waals surface area contributed by atoms with Crippen LogP contribution in [0.25, 0.3) is 0 Å². The van der Waals surface area contributed by atoms with E-state index in [0.717, 1.165) is 25.9 Å². The van der Waals surface area contributed by atoms with Crippen molar-refractivity contribution in [3.05, 3.63) is 23.3 Å². The minimum atomic E-state index is -2.63. The number of nitrogens with zero attached hydrogens (tertiary/aromatic N) is 1. The van der Waals surface area contributed by atoms with Crippen molar-refractivity contribution in [1.29, 1.82) is 0 Å². The van der Waals surface area contributed by atoms with Gasteiger partial charge in [-0.3, -0.25) is 4.90 Å². The second-order valence-electron chi connectivity index (χ2n) is 10.6. The molecule has 0 radical (unpaired) electrons. The molecule has 0 aromatic heterocycles. The number of hydrogen-bond donors (Lipinski definition) is 1. The minimum absolute atomic E-state index is 0.115. The highest BCUT2D eigenvalue weighted by molar-refractivity contribution is 5.50. The van der Waals surface area contributed by atoms with Crippen molar-refractivity contribution >= 4 is 0 Å². The highest BCUT2D eigenvalue weighted by Gasteiger charge is 2.42. The molecule has 1 aromatic rings. The van der Waals surface area contributed by atoms with E-state index in [1.165, 1.54) is 11.1 Å². The Kier molecular flexibility index (Phi) is 5.77. The Balaban J connectivity index is 1.54. The van der Waals surface area contributed by atoms with Crippen LogP contribution in [0, 0.1) is 11.3 Å². The van der Waals surface area contributed by atoms with Crippen LogP contribution in [-0.2, 0) is 6.42 Å². The Labute approximate surface area is 178 Å². The lowest BCUT2D eigenvalue weighted by molar-refractivity contribution is -0.0259. The quantitative estimate of drug-likeness (QED) is 0.742. The molecule has 4 rings (SSSR count). The smallest absolute Gasteiger partial charge is 0.251 e. The summed E-state index contributed by atoms with van der Waals surface area (Å²) in [6.07, 6.45) is 1.84. The maximum atomic E-state index is 13.6. The molecule has 0 spiro atoms. The Morgan fingerprint density at radius 3 is 2.63 bits per heavy atom. The van der Waals surface area contributed by atoms with Crippen LogP contribution in [0.2, 0.25) is 0 Å². The minimum Gasteiger partial charge on any atom is -0.493 e. The van der Waals surface area contributed by atoms with E-state index in [1.54, 1.807) is 7.11 Å². The van der Waals surface area contributed by atoms with Gasteiger partial charge < -0.3 is 14.6 Å². The first-order valence-corrected chi connectivity index (χ1v) is 11.2. The number of halogens is 2. The maximum absolute atomic E-state index is 13.6. The highest BCUT2D eigenvalue weighted by atomic mass is 19.3. The van der Waals surface area contributed by atoms with Crippen LogP contribution in [0.15, 0.2) is 12.1 Å². The normalized spacial score (nSPS) is 31.2. The van der Waals surface area contributed by atoms with Crippen molar-refractivity contribution in [2.45, 2.75) is 83.5 Å². The molecule has 1 aromatic carbocycles. The molecule has 2 heterocycles. The average Bonchev–Trinajstić information content (AvgIpc) is 2.99. The van der Waals surface area contributed by atoms with E-state index in [9.17, 15) is 13.9 Å². The van der Waals surface area contributed by atoms with E-state index in [0.29, 0.717) is 24.3 Å². The molecule has 168 valence electrons. The lowest BCUT2D eigenvalue weighted by Crippen LogP contribution is -2.48. The van der Waals surface area contributed by atoms with Gasteiger partial charge in [0.25, 0.3) is 5.92 Å². The Morgan fingerprint density at radius 2 is 2.00 bits per heavy atom. The molecule has 4 nitrogen and oxygen atoms in total. The summed E-state index contributed by atoms with van der Waals surface area (Å²) in [6.45, 7) is 8.52. The van der Waals surface area contributed by atoms with Crippen LogP contribution in [0.1, 0.15) is 70.0 Å². The van der Waals surface area contributed by atoms with Gasteiger partial charge in [0.05, 0.1) is 13.2 Å². The molecule has 0 amide bonds. The van der Waals surface area contributed by atoms with Crippen molar-refractivity contribution < 1.29 is 23.4 Å². The molecule has 30 heavy (non-hydrogen) atoms. The number of rotatable bonds is 4. The molecule has 1 saturated heterocycles. The molecule has 0 bridgehead atoms. The molecule has 3 aliphatic rings. The molecular weight excluding hydrogens is 388 g/mol. The number of aliphatic hydroxyl groups excluding tert-OH is 1. The van der Waals surface area contributed by atoms with Crippen LogP contribution >= 0.6 is 0 Å². The summed E-state index contributed by atoms with van der Waals surface area (Å²) in [6, 6.07) is 4.15. The largest absolute Gasteiger partial charge is 0.493 e. The lowest BCUT2D eigenvalue weighted by Gasteiger charge is -2.47. The van der Waals surface area contributed by atoms with Crippen LogP contribution in [0.4, 0.5) is 8.78 Å². The predicted molar refractivity (Wildman–Crippen MR) is 112 cm³/mol. The van der Waals surface area contributed by atoms with Gasteiger partial charge >= 0.3 is 0 Å². The van der Waals surface area contributed by atoms with E-state index >= 15 is 0 Å². The van der Waals surface area contributed by atoms with Crippen LogP contribution in [0.5, 0.6) is 11.5 Å². The first-order valence-electron chi connectivity index (χ1n) is 11.2. The van der Waals surface area contributed by atoms with E-state index in [1.807, 2.05) is 12.1 Å². The fourth-order valence-corrected chi connectivity index (χ4v) is 5.53. The lowest BCUT2D eigenvalue weighted by atomic mass is 9.75. The summed E-state index contributed by atoms with van der Waals surface area (Å²) in [4.78, 5) is 2.49. The third-order valence-electron chi connectivity index (χ3n) is 6.90. The predicted octanol–water partition coefficient (Wildman–Crippen LogP) is 4.98. The van der Waals surface area contributed by atoms with E-state index < -0.39 is 12.0 Å². The van der Waals surface area contributed by atoms with Gasteiger partial charge in [-0.15, -0.1) is 0 Å². The molecule has 4 unspecified atom stereocenters. The van der Waals surface area contributed by atoms with Crippen molar-refractivity contribution in [3.8, 4) is 11.5 Å². The number of fused-ring (bicyclic) bond motifs is 3. The molecule has 4 atom stereocenters. The van der Waals surface area contributed by atoms with E-state index in [2.05, 4.69) is 25.7 Å². The molecule has 6 heteroatoms. The van der Waals surface area contributed by atoms with Gasteiger partial charge in [0.2, 0.25) is 0 Å². The van der Waals surface area contributed by atoms with Crippen LogP contribution in [-0.4, -0.2) is 48.3 Å². The number of aliphatic hydroxyl groups is 1. The molecule has 2 aliphatic heterocycles. The molecule has 2 fully saturated rings. The Morgan fingerprint density at radius 1 is 1.23 bits per heavy atom. The number of benzene rings is 1. The van der Waals surface area contributed by atoms with Crippen LogP contribution < -0.4 is 9.47 Å². The van der Waals surface area contributed by atoms with Crippen molar-refractivity contribution in [3.63, 3.8) is 0 Å². The topological polar surface area (TPSA) is 41.9 Å². The first-order chi connectivity index (χ1) is 14.0. The summed E-state index contributed by atoms with van der Waals surface area (Å²) >= 11 is 0. The summed E-state index contributed by atoms with van der Waals surface area (Å²) < 4.78 is 38.7. The summed E-state index contributed by atoms with van der Waals surface area (Å²) in [5.74, 6) is -1.18. The number of piperidine rings is 1. The fourth-order valence-electron chi connectivity index (χ4n) is 5.53. The van der Waals surface area contributed by atoms with Gasteiger partial charge in [-0.2, -0.15) is 0 Å². The van der Waals surface area contributed by atoms with E-state index in [4.69, 9.17) is 9.47 Å². The van der Waals surface area contributed by atoms with Crippen LogP contribution in [0.3, 0.4) is 0 Å². The maximum Gasteiger partial charge on any atom is 0.251 e. The number of alkyl halides is 2. The molecular formula is C24H35F2NO3. The summed E-state index contributed by atoms with van der Waals surface area (Å²) in [7, 11) is 1.59. The van der Waals surface area contributed by atoms with Crippen molar-refractivity contribution in [2.24, 2.45) is 11.3 Å². The second-order valence-corrected chi connectivity index (χ2v) is 10.6. The third kappa shape index (κ3) is 4.59. The monoisotopic (exact) mass is 423 g/mol. The van der Waals surface area contributed by atoms with Gasteiger partial charge in [0.15, 0.2) is 11.5 Å².